The summed E-state index contributed by atoms with van der Waals surface area (Å²) in [6.07, 6.45) is 2.87. The van der Waals surface area contributed by atoms with E-state index in [-0.39, 0.29) is 83.2 Å². The summed E-state index contributed by atoms with van der Waals surface area (Å²) in [4.78, 5) is 49.9. The number of carboxylic acid groups (broad SMARTS) is 2. The summed E-state index contributed by atoms with van der Waals surface area (Å²) < 4.78 is 35.8. The normalized spacial score (nSPS) is 12.3. The molecule has 0 saturated carbocycles. The number of hydrogen-bond donors (Lipinski definition) is 2. The fourth-order valence-corrected chi connectivity index (χ4v) is 5.15. The van der Waals surface area contributed by atoms with Crippen LogP contribution in [0.1, 0.15) is 73.4 Å². The maximum atomic E-state index is 12.7. The van der Waals surface area contributed by atoms with Gasteiger partial charge in [0.05, 0.1) is 26.4 Å². The van der Waals surface area contributed by atoms with Gasteiger partial charge in [-0.2, -0.15) is 0 Å². The maximum Gasteiger partial charge on any atom is 0.338 e. The third kappa shape index (κ3) is 9.80. The van der Waals surface area contributed by atoms with Crippen molar-refractivity contribution >= 4 is 23.9 Å². The largest absolute Gasteiger partial charge is 0.490 e. The van der Waals surface area contributed by atoms with Crippen LogP contribution in [0.3, 0.4) is 0 Å². The van der Waals surface area contributed by atoms with E-state index in [1.807, 2.05) is 0 Å². The molecule has 0 aliphatic rings. The lowest BCUT2D eigenvalue weighted by Gasteiger charge is -2.39. The van der Waals surface area contributed by atoms with E-state index < -0.39 is 35.2 Å². The number of hydrogen-bond acceptors (Lipinski definition) is 10. The van der Waals surface area contributed by atoms with Gasteiger partial charge in [0.1, 0.15) is 0 Å². The van der Waals surface area contributed by atoms with Crippen molar-refractivity contribution in [3.05, 3.63) is 83.0 Å². The first-order chi connectivity index (χ1) is 24.0. The van der Waals surface area contributed by atoms with Gasteiger partial charge in [0.15, 0.2) is 23.0 Å². The zero-order valence-corrected chi connectivity index (χ0v) is 30.8. The minimum absolute atomic E-state index is 0.0348. The Kier molecular flexibility index (Phi) is 15.1. The molecule has 2 rings (SSSR count). The predicted molar refractivity (Wildman–Crippen MR) is 191 cm³/mol. The van der Waals surface area contributed by atoms with E-state index in [0.29, 0.717) is 11.1 Å². The topological polar surface area (TPSA) is 164 Å². The van der Waals surface area contributed by atoms with Gasteiger partial charge in [-0.25, -0.2) is 19.2 Å². The van der Waals surface area contributed by atoms with Crippen molar-refractivity contribution in [1.82, 2.24) is 0 Å². The van der Waals surface area contributed by atoms with Crippen molar-refractivity contribution < 1.29 is 57.8 Å². The molecule has 0 atom stereocenters. The number of carboxylic acids is 2. The second-order valence-corrected chi connectivity index (χ2v) is 11.6. The molecule has 0 aromatic heterocycles. The number of allylic oxidation sites excluding steroid dienone is 2. The molecule has 0 amide bonds. The van der Waals surface area contributed by atoms with Crippen LogP contribution in [0.25, 0.3) is 0 Å². The average Bonchev–Trinajstić information content (AvgIpc) is 3.06. The number of ether oxygens (including phenoxy) is 6. The smallest absolute Gasteiger partial charge is 0.338 e. The van der Waals surface area contributed by atoms with Crippen molar-refractivity contribution in [2.24, 2.45) is 5.92 Å². The van der Waals surface area contributed by atoms with Gasteiger partial charge in [0.2, 0.25) is 11.5 Å². The van der Waals surface area contributed by atoms with Crippen LogP contribution in [0.5, 0.6) is 34.5 Å². The van der Waals surface area contributed by atoms with Crippen molar-refractivity contribution in [1.29, 1.82) is 0 Å². The van der Waals surface area contributed by atoms with Crippen LogP contribution < -0.4 is 28.4 Å². The Hall–Kier alpha value is -5.52. The second-order valence-electron chi connectivity index (χ2n) is 11.6. The second kappa shape index (κ2) is 18.5. The lowest BCUT2D eigenvalue weighted by atomic mass is 9.65. The average molecular weight is 709 g/mol. The molecule has 276 valence electrons. The highest BCUT2D eigenvalue weighted by molar-refractivity contribution is 5.90. The van der Waals surface area contributed by atoms with Crippen LogP contribution in [0.15, 0.2) is 71.9 Å². The molecule has 51 heavy (non-hydrogen) atoms. The van der Waals surface area contributed by atoms with Gasteiger partial charge in [-0.05, 0) is 67.5 Å². The Morgan fingerprint density at radius 3 is 1.22 bits per heavy atom. The minimum Gasteiger partial charge on any atom is -0.490 e. The molecule has 2 aromatic carbocycles. The lowest BCUT2D eigenvalue weighted by Crippen LogP contribution is -2.34. The van der Waals surface area contributed by atoms with Gasteiger partial charge in [0, 0.05) is 44.8 Å². The number of carbonyl (C=O) groups excluding carboxylic acids is 2. The summed E-state index contributed by atoms with van der Waals surface area (Å²) >= 11 is 0. The number of carbonyl (C=O) groups is 4. The molecule has 2 aromatic rings. The van der Waals surface area contributed by atoms with E-state index in [4.69, 9.17) is 28.4 Å². The Labute approximate surface area is 298 Å². The summed E-state index contributed by atoms with van der Waals surface area (Å²) in [6.45, 7) is 22.3. The summed E-state index contributed by atoms with van der Waals surface area (Å²) in [5, 5.41) is 20.0. The minimum atomic E-state index is -1.46. The Bertz CT molecular complexity index is 1610. The van der Waals surface area contributed by atoms with Gasteiger partial charge >= 0.3 is 23.9 Å². The van der Waals surface area contributed by atoms with Gasteiger partial charge in [0.25, 0.3) is 0 Å². The van der Waals surface area contributed by atoms with E-state index in [1.54, 1.807) is 46.8 Å². The molecular weight excluding hydrogens is 660 g/mol. The van der Waals surface area contributed by atoms with Crippen LogP contribution in [0, 0.1) is 5.92 Å². The molecule has 0 unspecified atom stereocenters. The number of benzene rings is 2. The molecule has 0 heterocycles. The monoisotopic (exact) mass is 708 g/mol. The van der Waals surface area contributed by atoms with E-state index in [1.165, 1.54) is 52.0 Å². The summed E-state index contributed by atoms with van der Waals surface area (Å²) in [6, 6.07) is 6.27. The first-order valence-corrected chi connectivity index (χ1v) is 16.4. The third-order valence-corrected chi connectivity index (χ3v) is 7.73. The molecule has 0 spiro atoms. The standard InChI is InChI=1S/C39H48O12/c1-12-46-31-27(16-18-29(33(31)48-14-3)50-37(44)22(5)6)39(11,26(20-24(9)35(40)41)21-25(10)36(42)43)28-17-19-30(51-38(45)23(7)8)34(49-15-4)32(28)47-13-2/h16-21,26H,5,7,12-15H2,1-4,6,8-11H3,(H,40,41)(H,42,43). The number of esters is 2. The maximum absolute atomic E-state index is 12.7. The molecule has 0 aliphatic heterocycles. The molecule has 12 nitrogen and oxygen atoms in total. The first kappa shape index (κ1) is 41.7. The molecule has 2 N–H and O–H groups in total. The molecule has 12 heteroatoms. The highest BCUT2D eigenvalue weighted by atomic mass is 16.6. The fourth-order valence-electron chi connectivity index (χ4n) is 5.15. The third-order valence-electron chi connectivity index (χ3n) is 7.73. The Balaban J connectivity index is 3.38. The Morgan fingerprint density at radius 1 is 0.627 bits per heavy atom. The fraction of sp³-hybridized carbons (Fsp3) is 0.385. The summed E-state index contributed by atoms with van der Waals surface area (Å²) in [7, 11) is 0. The summed E-state index contributed by atoms with van der Waals surface area (Å²) in [5.74, 6) is -4.40. The van der Waals surface area contributed by atoms with E-state index in [0.717, 1.165) is 0 Å². The molecule has 0 fully saturated rings. The van der Waals surface area contributed by atoms with E-state index in [9.17, 15) is 29.4 Å². The lowest BCUT2D eigenvalue weighted by molar-refractivity contribution is -0.133. The van der Waals surface area contributed by atoms with Gasteiger partial charge in [-0.1, -0.05) is 44.4 Å². The Morgan fingerprint density at radius 2 is 0.941 bits per heavy atom. The molecule has 0 bridgehead atoms. The van der Waals surface area contributed by atoms with Crippen LogP contribution in [0.4, 0.5) is 0 Å². The zero-order valence-electron chi connectivity index (χ0n) is 30.8. The highest BCUT2D eigenvalue weighted by Crippen LogP contribution is 2.55. The van der Waals surface area contributed by atoms with Crippen molar-refractivity contribution in [2.45, 2.75) is 67.7 Å². The van der Waals surface area contributed by atoms with Crippen LogP contribution in [-0.4, -0.2) is 60.5 Å². The zero-order chi connectivity index (χ0) is 38.6. The van der Waals surface area contributed by atoms with E-state index >= 15 is 0 Å². The van der Waals surface area contributed by atoms with E-state index in [2.05, 4.69) is 13.2 Å². The summed E-state index contributed by atoms with van der Waals surface area (Å²) in [5.41, 5.74) is -0.570. The predicted octanol–water partition coefficient (Wildman–Crippen LogP) is 7.23. The highest BCUT2D eigenvalue weighted by Gasteiger charge is 2.44. The molecule has 0 saturated heterocycles. The first-order valence-electron chi connectivity index (χ1n) is 16.4. The number of rotatable bonds is 19. The SMILES string of the molecule is C=C(C)C(=O)Oc1ccc(C(C)(c2ccc(OC(=O)C(=C)C)c(OCC)c2OCC)C(C=C(C)C(=O)O)C=C(C)C(=O)O)c(OCC)c1OCC. The quantitative estimate of drug-likeness (QED) is 0.0856. The van der Waals surface area contributed by atoms with Gasteiger partial charge in [-0.15, -0.1) is 0 Å². The van der Waals surface area contributed by atoms with Crippen LogP contribution >= 0.6 is 0 Å². The van der Waals surface area contributed by atoms with Gasteiger partial charge in [-0.3, -0.25) is 0 Å². The van der Waals surface area contributed by atoms with Gasteiger partial charge < -0.3 is 38.6 Å². The number of aliphatic carboxylic acids is 2. The van der Waals surface area contributed by atoms with Crippen LogP contribution in [-0.2, 0) is 24.6 Å². The molecular formula is C39H48O12. The molecule has 0 aliphatic carbocycles. The van der Waals surface area contributed by atoms with Crippen LogP contribution in [0.2, 0.25) is 0 Å². The van der Waals surface area contributed by atoms with Crippen molar-refractivity contribution in [3.8, 4) is 34.5 Å². The molecule has 0 radical (unpaired) electrons. The van der Waals surface area contributed by atoms with Crippen molar-refractivity contribution in [2.75, 3.05) is 26.4 Å². The van der Waals surface area contributed by atoms with Crippen molar-refractivity contribution in [3.63, 3.8) is 0 Å².